The number of halogens is 1. The second-order valence-electron chi connectivity index (χ2n) is 3.82. The summed E-state index contributed by atoms with van der Waals surface area (Å²) in [6, 6.07) is 4.98. The number of likely N-dealkylation sites (N-methyl/N-ethyl adjacent to an activating group) is 1. The van der Waals surface area contributed by atoms with E-state index < -0.39 is 5.97 Å². The Morgan fingerprint density at radius 3 is 2.76 bits per heavy atom. The minimum Gasteiger partial charge on any atom is -0.478 e. The zero-order valence-corrected chi connectivity index (χ0v) is 11.6. The second kappa shape index (κ2) is 6.61. The van der Waals surface area contributed by atoms with Gasteiger partial charge in [0.1, 0.15) is 0 Å². The average molecular weight is 301 g/mol. The van der Waals surface area contributed by atoms with Crippen LogP contribution in [0.3, 0.4) is 0 Å². The first-order valence-electron chi connectivity index (χ1n) is 5.50. The SMILES string of the molecule is CCN(C)CCNc1ccc(C(=O)O)cc1Br. The van der Waals surface area contributed by atoms with Crippen LogP contribution in [0.5, 0.6) is 0 Å². The molecular formula is C12H17BrN2O2. The Balaban J connectivity index is 2.57. The van der Waals surface area contributed by atoms with Gasteiger partial charge in [0.2, 0.25) is 0 Å². The molecule has 0 saturated carbocycles. The molecule has 0 fully saturated rings. The highest BCUT2D eigenvalue weighted by molar-refractivity contribution is 9.10. The predicted octanol–water partition coefficient (Wildman–Crippen LogP) is 2.51. The molecule has 1 aromatic carbocycles. The van der Waals surface area contributed by atoms with E-state index in [1.165, 1.54) is 0 Å². The first-order chi connectivity index (χ1) is 8.04. The summed E-state index contributed by atoms with van der Waals surface area (Å²) in [5.41, 5.74) is 1.20. The van der Waals surface area contributed by atoms with Crippen molar-refractivity contribution in [3.63, 3.8) is 0 Å². The summed E-state index contributed by atoms with van der Waals surface area (Å²) in [5, 5.41) is 12.1. The number of hydrogen-bond acceptors (Lipinski definition) is 3. The van der Waals surface area contributed by atoms with Crippen LogP contribution in [-0.2, 0) is 0 Å². The number of nitrogens with zero attached hydrogens (tertiary/aromatic N) is 1. The molecule has 0 amide bonds. The molecule has 1 rings (SSSR count). The van der Waals surface area contributed by atoms with Crippen LogP contribution < -0.4 is 5.32 Å². The van der Waals surface area contributed by atoms with Crippen LogP contribution in [-0.4, -0.2) is 42.7 Å². The van der Waals surface area contributed by atoms with Crippen molar-refractivity contribution < 1.29 is 9.90 Å². The molecule has 0 unspecified atom stereocenters. The van der Waals surface area contributed by atoms with Gasteiger partial charge in [-0.15, -0.1) is 0 Å². The topological polar surface area (TPSA) is 52.6 Å². The summed E-state index contributed by atoms with van der Waals surface area (Å²) in [4.78, 5) is 13.0. The van der Waals surface area contributed by atoms with Gasteiger partial charge in [0.25, 0.3) is 0 Å². The summed E-state index contributed by atoms with van der Waals surface area (Å²) >= 11 is 3.36. The molecule has 4 nitrogen and oxygen atoms in total. The lowest BCUT2D eigenvalue weighted by Gasteiger charge is -2.15. The lowest BCUT2D eigenvalue weighted by atomic mass is 10.2. The summed E-state index contributed by atoms with van der Waals surface area (Å²) in [6.07, 6.45) is 0. The Kier molecular flexibility index (Phi) is 5.44. The number of nitrogens with one attached hydrogen (secondary N) is 1. The summed E-state index contributed by atoms with van der Waals surface area (Å²) in [5.74, 6) is -0.914. The van der Waals surface area contributed by atoms with Crippen molar-refractivity contribution >= 4 is 27.6 Å². The largest absolute Gasteiger partial charge is 0.478 e. The molecule has 0 aliphatic rings. The van der Waals surface area contributed by atoms with Crippen molar-refractivity contribution in [2.45, 2.75) is 6.92 Å². The molecule has 5 heteroatoms. The maximum atomic E-state index is 10.8. The number of hydrogen-bond donors (Lipinski definition) is 2. The van der Waals surface area contributed by atoms with E-state index in [1.807, 2.05) is 0 Å². The third-order valence-corrected chi connectivity index (χ3v) is 3.22. The Morgan fingerprint density at radius 2 is 2.24 bits per heavy atom. The van der Waals surface area contributed by atoms with E-state index in [1.54, 1.807) is 18.2 Å². The maximum absolute atomic E-state index is 10.8. The number of anilines is 1. The van der Waals surface area contributed by atoms with Gasteiger partial charge in [0.15, 0.2) is 0 Å². The van der Waals surface area contributed by atoms with E-state index in [0.717, 1.165) is 29.8 Å². The molecule has 0 radical (unpaired) electrons. The number of carbonyl (C=O) groups is 1. The first-order valence-corrected chi connectivity index (χ1v) is 6.29. The quantitative estimate of drug-likeness (QED) is 0.847. The third kappa shape index (κ3) is 4.36. The molecule has 0 bridgehead atoms. The molecule has 94 valence electrons. The molecule has 0 heterocycles. The second-order valence-corrected chi connectivity index (χ2v) is 4.68. The monoisotopic (exact) mass is 300 g/mol. The van der Waals surface area contributed by atoms with Gasteiger partial charge in [-0.2, -0.15) is 0 Å². The van der Waals surface area contributed by atoms with E-state index in [2.05, 4.69) is 40.1 Å². The van der Waals surface area contributed by atoms with Crippen molar-refractivity contribution in [1.29, 1.82) is 0 Å². The van der Waals surface area contributed by atoms with E-state index in [-0.39, 0.29) is 5.56 Å². The van der Waals surface area contributed by atoms with Gasteiger partial charge in [0.05, 0.1) is 5.56 Å². The van der Waals surface area contributed by atoms with Crippen LogP contribution in [0.15, 0.2) is 22.7 Å². The highest BCUT2D eigenvalue weighted by atomic mass is 79.9. The molecule has 1 aromatic rings. The Hall–Kier alpha value is -1.07. The normalized spacial score (nSPS) is 10.6. The van der Waals surface area contributed by atoms with Crippen molar-refractivity contribution in [2.75, 3.05) is 32.0 Å². The highest BCUT2D eigenvalue weighted by Crippen LogP contribution is 2.23. The van der Waals surface area contributed by atoms with Crippen LogP contribution in [0.1, 0.15) is 17.3 Å². The summed E-state index contributed by atoms with van der Waals surface area (Å²) < 4.78 is 0.775. The highest BCUT2D eigenvalue weighted by Gasteiger charge is 2.06. The summed E-state index contributed by atoms with van der Waals surface area (Å²) in [6.45, 7) is 4.90. The molecule has 0 aliphatic carbocycles. The molecule has 0 saturated heterocycles. The molecule has 0 spiro atoms. The van der Waals surface area contributed by atoms with Gasteiger partial charge in [-0.1, -0.05) is 6.92 Å². The maximum Gasteiger partial charge on any atom is 0.335 e. The van der Waals surface area contributed by atoms with Crippen LogP contribution in [0.4, 0.5) is 5.69 Å². The number of carboxylic acids is 1. The van der Waals surface area contributed by atoms with E-state index >= 15 is 0 Å². The minimum absolute atomic E-state index is 0.285. The van der Waals surface area contributed by atoms with E-state index in [9.17, 15) is 4.79 Å². The minimum atomic E-state index is -0.914. The fourth-order valence-corrected chi connectivity index (χ4v) is 1.85. The van der Waals surface area contributed by atoms with Crippen molar-refractivity contribution in [3.8, 4) is 0 Å². The van der Waals surface area contributed by atoms with Gasteiger partial charge in [-0.3, -0.25) is 0 Å². The predicted molar refractivity (Wildman–Crippen MR) is 72.8 cm³/mol. The number of benzene rings is 1. The molecule has 0 aliphatic heterocycles. The van der Waals surface area contributed by atoms with Crippen LogP contribution in [0, 0.1) is 0 Å². The van der Waals surface area contributed by atoms with E-state index in [4.69, 9.17) is 5.11 Å². The van der Waals surface area contributed by atoms with Gasteiger partial charge >= 0.3 is 5.97 Å². The third-order valence-electron chi connectivity index (χ3n) is 2.56. The van der Waals surface area contributed by atoms with Crippen LogP contribution in [0.2, 0.25) is 0 Å². The number of carboxylic acid groups (broad SMARTS) is 1. The van der Waals surface area contributed by atoms with E-state index in [0.29, 0.717) is 0 Å². The van der Waals surface area contributed by atoms with Gasteiger partial charge in [-0.25, -0.2) is 4.79 Å². The Morgan fingerprint density at radius 1 is 1.53 bits per heavy atom. The molecule has 0 aromatic heterocycles. The molecule has 0 atom stereocenters. The molecule has 2 N–H and O–H groups in total. The Labute approximate surface area is 110 Å². The Bertz CT molecular complexity index is 396. The molecular weight excluding hydrogens is 284 g/mol. The van der Waals surface area contributed by atoms with Gasteiger partial charge in [-0.05, 0) is 47.7 Å². The first kappa shape index (κ1) is 14.0. The van der Waals surface area contributed by atoms with Crippen LogP contribution >= 0.6 is 15.9 Å². The number of rotatable bonds is 6. The lowest BCUT2D eigenvalue weighted by Crippen LogP contribution is -2.24. The van der Waals surface area contributed by atoms with Gasteiger partial charge in [0, 0.05) is 23.2 Å². The molecule has 17 heavy (non-hydrogen) atoms. The zero-order valence-electron chi connectivity index (χ0n) is 10.0. The summed E-state index contributed by atoms with van der Waals surface area (Å²) in [7, 11) is 2.06. The van der Waals surface area contributed by atoms with Crippen molar-refractivity contribution in [3.05, 3.63) is 28.2 Å². The van der Waals surface area contributed by atoms with Crippen molar-refractivity contribution in [2.24, 2.45) is 0 Å². The van der Waals surface area contributed by atoms with Gasteiger partial charge < -0.3 is 15.3 Å². The fraction of sp³-hybridized carbons (Fsp3) is 0.417. The lowest BCUT2D eigenvalue weighted by molar-refractivity contribution is 0.0697. The number of aromatic carboxylic acids is 1. The standard InChI is InChI=1S/C12H17BrN2O2/c1-3-15(2)7-6-14-11-5-4-9(12(16)17)8-10(11)13/h4-5,8,14H,3,6-7H2,1-2H3,(H,16,17). The van der Waals surface area contributed by atoms with Crippen LogP contribution in [0.25, 0.3) is 0 Å². The fourth-order valence-electron chi connectivity index (χ4n) is 1.33. The smallest absolute Gasteiger partial charge is 0.335 e. The zero-order chi connectivity index (χ0) is 12.8. The van der Waals surface area contributed by atoms with Crippen molar-refractivity contribution in [1.82, 2.24) is 4.90 Å². The average Bonchev–Trinajstić information content (AvgIpc) is 2.30.